The summed E-state index contributed by atoms with van der Waals surface area (Å²) in [4.78, 5) is 12.2. The number of carbonyl (C=O) groups is 1. The molecule has 1 unspecified atom stereocenters. The smallest absolute Gasteiger partial charge is 0.316 e. The molecule has 1 saturated carbocycles. The molecule has 2 N–H and O–H groups in total. The molecule has 3 rings (SSSR count). The highest BCUT2D eigenvalue weighted by Crippen LogP contribution is 2.49. The van der Waals surface area contributed by atoms with Gasteiger partial charge in [-0.05, 0) is 56.2 Å². The molecular formula is C18H26N2O4S. The first kappa shape index (κ1) is 18.4. The number of hydrogen-bond donors (Lipinski definition) is 1. The van der Waals surface area contributed by atoms with E-state index in [1.54, 1.807) is 24.3 Å². The quantitative estimate of drug-likeness (QED) is 0.800. The van der Waals surface area contributed by atoms with Crippen LogP contribution in [0, 0.1) is 5.92 Å². The Morgan fingerprint density at radius 3 is 2.24 bits per heavy atom. The molecule has 2 aliphatic rings. The van der Waals surface area contributed by atoms with Gasteiger partial charge in [-0.3, -0.25) is 4.79 Å². The van der Waals surface area contributed by atoms with Crippen LogP contribution in [0.1, 0.15) is 38.2 Å². The molecule has 0 radical (unpaired) electrons. The number of rotatable bonds is 5. The number of hydrogen-bond acceptors (Lipinski definition) is 5. The Kier molecular flexibility index (Phi) is 4.92. The van der Waals surface area contributed by atoms with Crippen LogP contribution in [0.15, 0.2) is 29.2 Å². The molecule has 6 nitrogen and oxygen atoms in total. The number of sulfonamides is 1. The lowest BCUT2D eigenvalue weighted by Gasteiger charge is -2.33. The van der Waals surface area contributed by atoms with Gasteiger partial charge in [-0.15, -0.1) is 0 Å². The highest BCUT2D eigenvalue weighted by atomic mass is 32.2. The van der Waals surface area contributed by atoms with Crippen LogP contribution in [0.2, 0.25) is 0 Å². The molecule has 7 heteroatoms. The number of benzene rings is 1. The number of piperidine rings is 1. The molecule has 1 atom stereocenters. The molecule has 2 fully saturated rings. The molecule has 25 heavy (non-hydrogen) atoms. The van der Waals surface area contributed by atoms with Crippen molar-refractivity contribution in [2.24, 2.45) is 11.7 Å². The van der Waals surface area contributed by atoms with Gasteiger partial charge in [0.25, 0.3) is 0 Å². The maximum Gasteiger partial charge on any atom is 0.316 e. The third-order valence-corrected chi connectivity index (χ3v) is 7.53. The molecule has 1 aromatic carbocycles. The van der Waals surface area contributed by atoms with Gasteiger partial charge in [-0.1, -0.05) is 12.1 Å². The summed E-state index contributed by atoms with van der Waals surface area (Å²) in [6, 6.07) is 6.78. The monoisotopic (exact) mass is 366 g/mol. The van der Waals surface area contributed by atoms with Crippen molar-refractivity contribution < 1.29 is 17.9 Å². The van der Waals surface area contributed by atoms with Crippen LogP contribution >= 0.6 is 0 Å². The van der Waals surface area contributed by atoms with Crippen molar-refractivity contribution in [3.8, 4) is 0 Å². The summed E-state index contributed by atoms with van der Waals surface area (Å²) in [6.07, 6.45) is 3.08. The summed E-state index contributed by atoms with van der Waals surface area (Å²) in [5.74, 6) is 0.129. The van der Waals surface area contributed by atoms with E-state index in [1.807, 2.05) is 6.92 Å². The Labute approximate surface area is 149 Å². The van der Waals surface area contributed by atoms with Crippen LogP contribution in [0.4, 0.5) is 0 Å². The van der Waals surface area contributed by atoms with Gasteiger partial charge in [0.2, 0.25) is 10.0 Å². The van der Waals surface area contributed by atoms with Gasteiger partial charge in [0.05, 0.1) is 17.4 Å². The summed E-state index contributed by atoms with van der Waals surface area (Å²) < 4.78 is 32.1. The van der Waals surface area contributed by atoms with Crippen molar-refractivity contribution in [1.82, 2.24) is 4.31 Å². The summed E-state index contributed by atoms with van der Waals surface area (Å²) in [5, 5.41) is 0. The normalized spacial score (nSPS) is 22.4. The van der Waals surface area contributed by atoms with Gasteiger partial charge >= 0.3 is 5.97 Å². The highest BCUT2D eigenvalue weighted by molar-refractivity contribution is 7.89. The van der Waals surface area contributed by atoms with Crippen molar-refractivity contribution in [2.45, 2.75) is 49.0 Å². The van der Waals surface area contributed by atoms with E-state index in [2.05, 4.69) is 0 Å². The highest BCUT2D eigenvalue weighted by Gasteiger charge is 2.52. The number of esters is 1. The Bertz CT molecular complexity index is 731. The second-order valence-electron chi connectivity index (χ2n) is 7.20. The van der Waals surface area contributed by atoms with Crippen molar-refractivity contribution in [1.29, 1.82) is 0 Å². The first-order chi connectivity index (χ1) is 11.8. The molecule has 0 aromatic heterocycles. The molecule has 1 aliphatic carbocycles. The molecule has 1 aliphatic heterocycles. The Morgan fingerprint density at radius 1 is 1.24 bits per heavy atom. The summed E-state index contributed by atoms with van der Waals surface area (Å²) in [7, 11) is -2.12. The van der Waals surface area contributed by atoms with Crippen LogP contribution in [0.5, 0.6) is 0 Å². The fourth-order valence-electron chi connectivity index (χ4n) is 3.67. The Hall–Kier alpha value is -1.44. The lowest BCUT2D eigenvalue weighted by molar-refractivity contribution is -0.143. The van der Waals surface area contributed by atoms with Crippen LogP contribution in [0.3, 0.4) is 0 Å². The minimum Gasteiger partial charge on any atom is -0.468 e. The summed E-state index contributed by atoms with van der Waals surface area (Å²) in [5.41, 5.74) is 6.18. The Balaban J connectivity index is 1.75. The summed E-state index contributed by atoms with van der Waals surface area (Å²) in [6.45, 7) is 2.98. The van der Waals surface area contributed by atoms with Crippen LogP contribution in [-0.4, -0.2) is 44.9 Å². The van der Waals surface area contributed by atoms with E-state index in [1.165, 1.54) is 11.4 Å². The molecule has 0 amide bonds. The second kappa shape index (κ2) is 6.70. The van der Waals surface area contributed by atoms with E-state index in [-0.39, 0.29) is 16.9 Å². The fraction of sp³-hybridized carbons (Fsp3) is 0.611. The minimum absolute atomic E-state index is 0.0946. The average molecular weight is 366 g/mol. The predicted molar refractivity (Wildman–Crippen MR) is 94.5 cm³/mol. The largest absolute Gasteiger partial charge is 0.468 e. The van der Waals surface area contributed by atoms with E-state index in [4.69, 9.17) is 10.5 Å². The summed E-state index contributed by atoms with van der Waals surface area (Å²) >= 11 is 0. The first-order valence-electron chi connectivity index (χ1n) is 8.76. The van der Waals surface area contributed by atoms with E-state index in [0.29, 0.717) is 19.0 Å². The van der Waals surface area contributed by atoms with Gasteiger partial charge in [-0.25, -0.2) is 8.42 Å². The fourth-order valence-corrected chi connectivity index (χ4v) is 5.14. The standard InChI is InChI=1S/C18H26N2O4S/c1-13(19)14-7-11-20(12-8-14)25(22,23)16-5-3-15(4-6-16)18(9-10-18)17(21)24-2/h3-6,13-14H,7-12,19H2,1-2H3. The molecular weight excluding hydrogens is 340 g/mol. The molecule has 1 saturated heterocycles. The average Bonchev–Trinajstić information content (AvgIpc) is 3.43. The molecule has 0 bridgehead atoms. The van der Waals surface area contributed by atoms with Crippen LogP contribution in [0.25, 0.3) is 0 Å². The van der Waals surface area contributed by atoms with Crippen molar-refractivity contribution in [3.05, 3.63) is 29.8 Å². The molecule has 0 spiro atoms. The van der Waals surface area contributed by atoms with Gasteiger partial charge in [-0.2, -0.15) is 4.31 Å². The number of methoxy groups -OCH3 is 1. The predicted octanol–water partition coefficient (Wildman–Crippen LogP) is 1.64. The third kappa shape index (κ3) is 3.32. The van der Waals surface area contributed by atoms with E-state index < -0.39 is 15.4 Å². The van der Waals surface area contributed by atoms with E-state index in [0.717, 1.165) is 31.2 Å². The zero-order valence-electron chi connectivity index (χ0n) is 14.8. The van der Waals surface area contributed by atoms with E-state index in [9.17, 15) is 13.2 Å². The molecule has 1 aromatic rings. The zero-order chi connectivity index (χ0) is 18.2. The second-order valence-corrected chi connectivity index (χ2v) is 9.14. The topological polar surface area (TPSA) is 89.7 Å². The van der Waals surface area contributed by atoms with E-state index >= 15 is 0 Å². The molecule has 138 valence electrons. The first-order valence-corrected chi connectivity index (χ1v) is 10.2. The van der Waals surface area contributed by atoms with Crippen molar-refractivity contribution in [3.63, 3.8) is 0 Å². The molecule has 1 heterocycles. The number of nitrogens with zero attached hydrogens (tertiary/aromatic N) is 1. The van der Waals surface area contributed by atoms with Crippen LogP contribution in [-0.2, 0) is 25.0 Å². The minimum atomic E-state index is -3.50. The zero-order valence-corrected chi connectivity index (χ0v) is 15.6. The lowest BCUT2D eigenvalue weighted by atomic mass is 9.92. The van der Waals surface area contributed by atoms with Gasteiger partial charge < -0.3 is 10.5 Å². The van der Waals surface area contributed by atoms with Gasteiger partial charge in [0.15, 0.2) is 0 Å². The maximum atomic E-state index is 12.8. The number of carbonyl (C=O) groups excluding carboxylic acids is 1. The van der Waals surface area contributed by atoms with Crippen molar-refractivity contribution in [2.75, 3.05) is 20.2 Å². The van der Waals surface area contributed by atoms with Crippen LogP contribution < -0.4 is 5.73 Å². The van der Waals surface area contributed by atoms with Crippen molar-refractivity contribution >= 4 is 16.0 Å². The number of nitrogens with two attached hydrogens (primary N) is 1. The maximum absolute atomic E-state index is 12.8. The van der Waals surface area contributed by atoms with Gasteiger partial charge in [0.1, 0.15) is 0 Å². The Morgan fingerprint density at radius 2 is 1.80 bits per heavy atom. The lowest BCUT2D eigenvalue weighted by Crippen LogP contribution is -2.42. The SMILES string of the molecule is COC(=O)C1(c2ccc(S(=O)(=O)N3CCC(C(C)N)CC3)cc2)CC1. The third-order valence-electron chi connectivity index (χ3n) is 5.61. The number of ether oxygens (including phenoxy) is 1. The van der Waals surface area contributed by atoms with Gasteiger partial charge in [0, 0.05) is 19.1 Å².